The normalized spacial score (nSPS) is 47.9. The standard InChI is InChI=1S/C28H42O2/c1-7-25(3,29)14-12-19(2)22-10-11-23-21-9-8-20-18-26(4,30)16-17-27(20,5)24(21)13-15-28(22,23)6/h1,8,12,21-24,29-30H,9-11,13-18H2,2-6H3. The van der Waals surface area contributed by atoms with Gasteiger partial charge in [0, 0.05) is 6.42 Å². The number of hydrogen-bond acceptors (Lipinski definition) is 2. The second-order valence-corrected chi connectivity index (χ2v) is 12.2. The van der Waals surface area contributed by atoms with Gasteiger partial charge in [-0.3, -0.25) is 0 Å². The Morgan fingerprint density at radius 1 is 1.20 bits per heavy atom. The summed E-state index contributed by atoms with van der Waals surface area (Å²) < 4.78 is 0. The Balaban J connectivity index is 1.56. The lowest BCUT2D eigenvalue weighted by Gasteiger charge is -2.59. The molecular formula is C28H42O2. The van der Waals surface area contributed by atoms with Crippen molar-refractivity contribution >= 4 is 0 Å². The van der Waals surface area contributed by atoms with Crippen LogP contribution in [0.2, 0.25) is 0 Å². The van der Waals surface area contributed by atoms with E-state index in [1.807, 2.05) is 6.92 Å². The Morgan fingerprint density at radius 3 is 2.63 bits per heavy atom. The molecule has 0 saturated heterocycles. The fraction of sp³-hybridized carbons (Fsp3) is 0.786. The lowest BCUT2D eigenvalue weighted by Crippen LogP contribution is -2.51. The molecule has 0 spiro atoms. The Hall–Kier alpha value is -1.04. The van der Waals surface area contributed by atoms with E-state index >= 15 is 0 Å². The zero-order chi connectivity index (χ0) is 21.9. The van der Waals surface area contributed by atoms with E-state index < -0.39 is 11.2 Å². The third-order valence-corrected chi connectivity index (χ3v) is 10.1. The van der Waals surface area contributed by atoms with Crippen LogP contribution in [0.4, 0.5) is 0 Å². The number of aliphatic hydroxyl groups is 2. The first kappa shape index (κ1) is 22.2. The third-order valence-electron chi connectivity index (χ3n) is 10.1. The fourth-order valence-electron chi connectivity index (χ4n) is 8.11. The second-order valence-electron chi connectivity index (χ2n) is 12.2. The van der Waals surface area contributed by atoms with Crippen molar-refractivity contribution in [3.63, 3.8) is 0 Å². The summed E-state index contributed by atoms with van der Waals surface area (Å²) in [7, 11) is 0. The highest BCUT2D eigenvalue weighted by Gasteiger charge is 2.59. The molecule has 2 N–H and O–H groups in total. The fourth-order valence-corrected chi connectivity index (χ4v) is 8.11. The summed E-state index contributed by atoms with van der Waals surface area (Å²) in [5.41, 5.74) is 2.08. The van der Waals surface area contributed by atoms with E-state index in [-0.39, 0.29) is 0 Å². The van der Waals surface area contributed by atoms with Crippen molar-refractivity contribution in [1.82, 2.24) is 0 Å². The van der Waals surface area contributed by atoms with E-state index in [2.05, 4.69) is 38.8 Å². The van der Waals surface area contributed by atoms with Crippen LogP contribution in [0.25, 0.3) is 0 Å². The van der Waals surface area contributed by atoms with Crippen molar-refractivity contribution in [2.45, 2.75) is 104 Å². The van der Waals surface area contributed by atoms with Crippen molar-refractivity contribution in [2.75, 3.05) is 0 Å². The van der Waals surface area contributed by atoms with Gasteiger partial charge in [0.2, 0.25) is 0 Å². The maximum Gasteiger partial charge on any atom is 0.125 e. The summed E-state index contributed by atoms with van der Waals surface area (Å²) in [6, 6.07) is 0. The molecule has 4 aliphatic carbocycles. The van der Waals surface area contributed by atoms with Gasteiger partial charge < -0.3 is 10.2 Å². The quantitative estimate of drug-likeness (QED) is 0.440. The van der Waals surface area contributed by atoms with Crippen LogP contribution in [0.1, 0.15) is 92.4 Å². The van der Waals surface area contributed by atoms with E-state index in [1.54, 1.807) is 12.5 Å². The van der Waals surface area contributed by atoms with Crippen molar-refractivity contribution in [2.24, 2.45) is 34.5 Å². The predicted octanol–water partition coefficient (Wildman–Crippen LogP) is 6.04. The lowest BCUT2D eigenvalue weighted by molar-refractivity contribution is -0.0624. The minimum absolute atomic E-state index is 0.293. The largest absolute Gasteiger partial charge is 0.390 e. The summed E-state index contributed by atoms with van der Waals surface area (Å²) in [5.74, 6) is 5.47. The first-order chi connectivity index (χ1) is 13.9. The van der Waals surface area contributed by atoms with Gasteiger partial charge in [0.1, 0.15) is 5.60 Å². The number of rotatable bonds is 3. The maximum atomic E-state index is 10.7. The monoisotopic (exact) mass is 410 g/mol. The minimum Gasteiger partial charge on any atom is -0.390 e. The Kier molecular flexibility index (Phi) is 5.35. The van der Waals surface area contributed by atoms with Gasteiger partial charge in [-0.25, -0.2) is 0 Å². The van der Waals surface area contributed by atoms with Crippen molar-refractivity contribution < 1.29 is 10.2 Å². The predicted molar refractivity (Wildman–Crippen MR) is 124 cm³/mol. The number of allylic oxidation sites excluding steroid dienone is 2. The summed E-state index contributed by atoms with van der Waals surface area (Å²) >= 11 is 0. The molecule has 0 aliphatic heterocycles. The van der Waals surface area contributed by atoms with Crippen LogP contribution >= 0.6 is 0 Å². The van der Waals surface area contributed by atoms with E-state index in [9.17, 15) is 10.2 Å². The van der Waals surface area contributed by atoms with Gasteiger partial charge in [-0.15, -0.1) is 6.42 Å². The van der Waals surface area contributed by atoms with Gasteiger partial charge in [-0.1, -0.05) is 43.1 Å². The highest BCUT2D eigenvalue weighted by molar-refractivity contribution is 5.28. The molecule has 0 bridgehead atoms. The van der Waals surface area contributed by atoms with E-state index in [0.29, 0.717) is 23.2 Å². The van der Waals surface area contributed by atoms with Crippen LogP contribution in [0.5, 0.6) is 0 Å². The highest BCUT2D eigenvalue weighted by Crippen LogP contribution is 2.67. The first-order valence-corrected chi connectivity index (χ1v) is 12.2. The molecule has 8 atom stereocenters. The molecule has 0 aromatic rings. The van der Waals surface area contributed by atoms with Crippen molar-refractivity contribution in [1.29, 1.82) is 0 Å². The van der Waals surface area contributed by atoms with Crippen molar-refractivity contribution in [3.05, 3.63) is 23.3 Å². The summed E-state index contributed by atoms with van der Waals surface area (Å²) in [4.78, 5) is 0. The van der Waals surface area contributed by atoms with Gasteiger partial charge in [-0.05, 0) is 107 Å². The van der Waals surface area contributed by atoms with Crippen LogP contribution in [0, 0.1) is 46.8 Å². The molecule has 0 heterocycles. The lowest BCUT2D eigenvalue weighted by atomic mass is 9.46. The number of terminal acetylenes is 1. The molecule has 4 rings (SSSR count). The van der Waals surface area contributed by atoms with E-state index in [1.165, 1.54) is 37.7 Å². The molecule has 166 valence electrons. The van der Waals surface area contributed by atoms with Crippen molar-refractivity contribution in [3.8, 4) is 12.3 Å². The van der Waals surface area contributed by atoms with Gasteiger partial charge in [-0.2, -0.15) is 0 Å². The molecule has 2 nitrogen and oxygen atoms in total. The molecule has 3 saturated carbocycles. The number of fused-ring (bicyclic) bond motifs is 5. The van der Waals surface area contributed by atoms with Crippen LogP contribution in [0.3, 0.4) is 0 Å². The van der Waals surface area contributed by atoms with Crippen LogP contribution in [0.15, 0.2) is 23.3 Å². The molecule has 0 amide bonds. The smallest absolute Gasteiger partial charge is 0.125 e. The average molecular weight is 411 g/mol. The molecule has 30 heavy (non-hydrogen) atoms. The maximum absolute atomic E-state index is 10.7. The summed E-state index contributed by atoms with van der Waals surface area (Å²) in [6.45, 7) is 11.1. The van der Waals surface area contributed by atoms with Gasteiger partial charge in [0.15, 0.2) is 0 Å². The summed E-state index contributed by atoms with van der Waals surface area (Å²) in [5, 5.41) is 20.9. The zero-order valence-electron chi connectivity index (χ0n) is 19.8. The first-order valence-electron chi connectivity index (χ1n) is 12.2. The van der Waals surface area contributed by atoms with Gasteiger partial charge >= 0.3 is 0 Å². The van der Waals surface area contributed by atoms with E-state index in [4.69, 9.17) is 6.42 Å². The molecule has 8 unspecified atom stereocenters. The average Bonchev–Trinajstić information content (AvgIpc) is 3.04. The zero-order valence-corrected chi connectivity index (χ0v) is 19.8. The topological polar surface area (TPSA) is 40.5 Å². The molecule has 4 aliphatic rings. The van der Waals surface area contributed by atoms with Crippen LogP contribution < -0.4 is 0 Å². The highest BCUT2D eigenvalue weighted by atomic mass is 16.3. The molecule has 2 heteroatoms. The molecule has 3 fully saturated rings. The molecule has 0 radical (unpaired) electrons. The Morgan fingerprint density at radius 2 is 1.93 bits per heavy atom. The van der Waals surface area contributed by atoms with Crippen LogP contribution in [-0.2, 0) is 0 Å². The van der Waals surface area contributed by atoms with Crippen LogP contribution in [-0.4, -0.2) is 21.4 Å². The second kappa shape index (κ2) is 7.25. The molecular weight excluding hydrogens is 368 g/mol. The Labute approximate surface area is 184 Å². The van der Waals surface area contributed by atoms with Gasteiger partial charge in [0.05, 0.1) is 5.60 Å². The number of hydrogen-bond donors (Lipinski definition) is 2. The van der Waals surface area contributed by atoms with E-state index in [0.717, 1.165) is 37.0 Å². The summed E-state index contributed by atoms with van der Waals surface area (Å²) in [6.07, 6.45) is 20.1. The third kappa shape index (κ3) is 3.51. The molecule has 0 aromatic carbocycles. The molecule has 0 aromatic heterocycles. The van der Waals surface area contributed by atoms with Gasteiger partial charge in [0.25, 0.3) is 0 Å². The minimum atomic E-state index is -1.04. The Bertz CT molecular complexity index is 794. The SMILES string of the molecule is C#CC(C)(O)CC=C(C)C1CCC2C3CC=C4CC(C)(O)CCC4(C)C3CCC12C.